The number of rotatable bonds is 6. The lowest BCUT2D eigenvalue weighted by molar-refractivity contribution is 0.331. The third-order valence-corrected chi connectivity index (χ3v) is 3.29. The second kappa shape index (κ2) is 6.60. The van der Waals surface area contributed by atoms with E-state index in [1.54, 1.807) is 0 Å². The second-order valence-corrected chi connectivity index (χ2v) is 4.96. The molecule has 0 atom stereocenters. The molecule has 0 amide bonds. The van der Waals surface area contributed by atoms with Gasteiger partial charge in [0.05, 0.1) is 0 Å². The van der Waals surface area contributed by atoms with Crippen LogP contribution in [0.25, 0.3) is 0 Å². The number of benzene rings is 1. The molecule has 2 nitrogen and oxygen atoms in total. The summed E-state index contributed by atoms with van der Waals surface area (Å²) in [7, 11) is 0. The van der Waals surface area contributed by atoms with Gasteiger partial charge >= 0.3 is 0 Å². The van der Waals surface area contributed by atoms with Crippen LogP contribution in [0.1, 0.15) is 30.5 Å². The molecule has 0 spiro atoms. The van der Waals surface area contributed by atoms with E-state index < -0.39 is 0 Å². The molecule has 0 saturated heterocycles. The van der Waals surface area contributed by atoms with Crippen molar-refractivity contribution in [3.8, 4) is 0 Å². The number of hydrogen-bond donors (Lipinski definition) is 1. The maximum Gasteiger partial charge on any atom is 0.0441 e. The average Bonchev–Trinajstić information content (AvgIpc) is 2.30. The van der Waals surface area contributed by atoms with Crippen molar-refractivity contribution < 1.29 is 0 Å². The first-order valence-electron chi connectivity index (χ1n) is 6.72. The molecule has 0 aromatic heterocycles. The Labute approximate surface area is 112 Å². The molecule has 2 heteroatoms. The second-order valence-electron chi connectivity index (χ2n) is 4.96. The van der Waals surface area contributed by atoms with Crippen LogP contribution in [0.4, 0.5) is 5.69 Å². The van der Waals surface area contributed by atoms with Gasteiger partial charge in [0.25, 0.3) is 0 Å². The lowest BCUT2D eigenvalue weighted by Crippen LogP contribution is -2.27. The SMILES string of the molecule is C=C(CN(CC)CC)Nc1c(C)cc(C)cc1C. The van der Waals surface area contributed by atoms with Crippen molar-refractivity contribution in [3.63, 3.8) is 0 Å². The van der Waals surface area contributed by atoms with Crippen molar-refractivity contribution in [1.82, 2.24) is 4.90 Å². The van der Waals surface area contributed by atoms with Crippen molar-refractivity contribution in [2.45, 2.75) is 34.6 Å². The number of nitrogens with zero attached hydrogens (tertiary/aromatic N) is 1. The highest BCUT2D eigenvalue weighted by atomic mass is 15.1. The number of nitrogens with one attached hydrogen (secondary N) is 1. The summed E-state index contributed by atoms with van der Waals surface area (Å²) in [6.45, 7) is 17.9. The zero-order chi connectivity index (χ0) is 13.7. The van der Waals surface area contributed by atoms with E-state index in [0.717, 1.165) is 25.3 Å². The van der Waals surface area contributed by atoms with Crippen LogP contribution >= 0.6 is 0 Å². The molecular weight excluding hydrogens is 220 g/mol. The van der Waals surface area contributed by atoms with Crippen LogP contribution in [0.3, 0.4) is 0 Å². The first-order chi connectivity index (χ1) is 8.47. The van der Waals surface area contributed by atoms with Crippen molar-refractivity contribution in [1.29, 1.82) is 0 Å². The molecule has 1 aromatic carbocycles. The number of likely N-dealkylation sites (N-methyl/N-ethyl adjacent to an activating group) is 1. The van der Waals surface area contributed by atoms with E-state index in [1.165, 1.54) is 22.4 Å². The molecule has 0 unspecified atom stereocenters. The summed E-state index contributed by atoms with van der Waals surface area (Å²) in [4.78, 5) is 2.36. The predicted molar refractivity (Wildman–Crippen MR) is 81.2 cm³/mol. The van der Waals surface area contributed by atoms with E-state index in [4.69, 9.17) is 0 Å². The Bertz CT molecular complexity index is 394. The summed E-state index contributed by atoms with van der Waals surface area (Å²) >= 11 is 0. The molecule has 100 valence electrons. The van der Waals surface area contributed by atoms with E-state index in [2.05, 4.69) is 63.5 Å². The molecule has 0 aliphatic rings. The predicted octanol–water partition coefficient (Wildman–Crippen LogP) is 3.88. The van der Waals surface area contributed by atoms with E-state index in [1.807, 2.05) is 0 Å². The molecule has 0 heterocycles. The lowest BCUT2D eigenvalue weighted by Gasteiger charge is -2.22. The molecule has 1 rings (SSSR count). The summed E-state index contributed by atoms with van der Waals surface area (Å²) < 4.78 is 0. The van der Waals surface area contributed by atoms with Gasteiger partial charge in [0.15, 0.2) is 0 Å². The number of aryl methyl sites for hydroxylation is 3. The third kappa shape index (κ3) is 3.88. The number of anilines is 1. The summed E-state index contributed by atoms with van der Waals surface area (Å²) in [6, 6.07) is 4.42. The van der Waals surface area contributed by atoms with E-state index in [-0.39, 0.29) is 0 Å². The fourth-order valence-corrected chi connectivity index (χ4v) is 2.31. The number of hydrogen-bond acceptors (Lipinski definition) is 2. The van der Waals surface area contributed by atoms with Gasteiger partial charge in [-0.05, 0) is 45.0 Å². The van der Waals surface area contributed by atoms with Crippen LogP contribution in [-0.2, 0) is 0 Å². The summed E-state index contributed by atoms with van der Waals surface area (Å²) in [5.74, 6) is 0. The van der Waals surface area contributed by atoms with Gasteiger partial charge in [0.2, 0.25) is 0 Å². The van der Waals surface area contributed by atoms with Gasteiger partial charge in [0.1, 0.15) is 0 Å². The maximum absolute atomic E-state index is 4.14. The molecule has 0 saturated carbocycles. The smallest absolute Gasteiger partial charge is 0.0441 e. The highest BCUT2D eigenvalue weighted by molar-refractivity contribution is 5.60. The molecule has 0 aliphatic carbocycles. The zero-order valence-electron chi connectivity index (χ0n) is 12.4. The molecule has 0 radical (unpaired) electrons. The Morgan fingerprint density at radius 2 is 1.61 bits per heavy atom. The minimum Gasteiger partial charge on any atom is -0.358 e. The van der Waals surface area contributed by atoms with Gasteiger partial charge in [-0.2, -0.15) is 0 Å². The van der Waals surface area contributed by atoms with Gasteiger partial charge in [-0.3, -0.25) is 4.90 Å². The van der Waals surface area contributed by atoms with Gasteiger partial charge in [-0.25, -0.2) is 0 Å². The highest BCUT2D eigenvalue weighted by Gasteiger charge is 2.07. The van der Waals surface area contributed by atoms with E-state index in [9.17, 15) is 0 Å². The average molecular weight is 246 g/mol. The summed E-state index contributed by atoms with van der Waals surface area (Å²) in [6.07, 6.45) is 0. The maximum atomic E-state index is 4.14. The third-order valence-electron chi connectivity index (χ3n) is 3.29. The van der Waals surface area contributed by atoms with Crippen LogP contribution in [-0.4, -0.2) is 24.5 Å². The highest BCUT2D eigenvalue weighted by Crippen LogP contribution is 2.23. The lowest BCUT2D eigenvalue weighted by atomic mass is 10.0. The fourth-order valence-electron chi connectivity index (χ4n) is 2.31. The van der Waals surface area contributed by atoms with Crippen molar-refractivity contribution in [3.05, 3.63) is 41.1 Å². The Morgan fingerprint density at radius 1 is 1.11 bits per heavy atom. The quantitative estimate of drug-likeness (QED) is 0.819. The van der Waals surface area contributed by atoms with E-state index >= 15 is 0 Å². The molecule has 18 heavy (non-hydrogen) atoms. The van der Waals surface area contributed by atoms with Crippen LogP contribution in [0.2, 0.25) is 0 Å². The van der Waals surface area contributed by atoms with Crippen LogP contribution in [0.15, 0.2) is 24.4 Å². The zero-order valence-corrected chi connectivity index (χ0v) is 12.4. The molecule has 1 N–H and O–H groups in total. The van der Waals surface area contributed by atoms with Crippen LogP contribution in [0, 0.1) is 20.8 Å². The molecule has 0 bridgehead atoms. The Hall–Kier alpha value is -1.28. The van der Waals surface area contributed by atoms with Crippen LogP contribution < -0.4 is 5.32 Å². The fraction of sp³-hybridized carbons (Fsp3) is 0.500. The monoisotopic (exact) mass is 246 g/mol. The Morgan fingerprint density at radius 3 is 2.06 bits per heavy atom. The largest absolute Gasteiger partial charge is 0.358 e. The minimum atomic E-state index is 0.903. The van der Waals surface area contributed by atoms with E-state index in [0.29, 0.717) is 0 Å². The van der Waals surface area contributed by atoms with Gasteiger partial charge in [-0.1, -0.05) is 38.1 Å². The van der Waals surface area contributed by atoms with Crippen molar-refractivity contribution in [2.75, 3.05) is 25.0 Å². The van der Waals surface area contributed by atoms with Crippen molar-refractivity contribution >= 4 is 5.69 Å². The summed E-state index contributed by atoms with van der Waals surface area (Å²) in [5, 5.41) is 3.47. The standard InChI is InChI=1S/C16H26N2/c1-7-18(8-2)11-15(6)17-16-13(4)9-12(3)10-14(16)5/h9-10,17H,6-8,11H2,1-5H3. The first-order valence-corrected chi connectivity index (χ1v) is 6.72. The minimum absolute atomic E-state index is 0.903. The van der Waals surface area contributed by atoms with Crippen LogP contribution in [0.5, 0.6) is 0 Å². The van der Waals surface area contributed by atoms with Gasteiger partial charge in [-0.15, -0.1) is 0 Å². The first kappa shape index (κ1) is 14.8. The Kier molecular flexibility index (Phi) is 5.42. The van der Waals surface area contributed by atoms with Gasteiger partial charge in [0, 0.05) is 17.9 Å². The summed E-state index contributed by atoms with van der Waals surface area (Å²) in [5.41, 5.74) is 6.15. The normalized spacial score (nSPS) is 10.8. The molecular formula is C16H26N2. The molecule has 0 fully saturated rings. The topological polar surface area (TPSA) is 15.3 Å². The van der Waals surface area contributed by atoms with Crippen molar-refractivity contribution in [2.24, 2.45) is 0 Å². The Balaban J connectivity index is 2.76. The van der Waals surface area contributed by atoms with Gasteiger partial charge < -0.3 is 5.32 Å². The molecule has 1 aromatic rings. The molecule has 0 aliphatic heterocycles.